The zero-order valence-electron chi connectivity index (χ0n) is 10.1. The quantitative estimate of drug-likeness (QED) is 0.914. The van der Waals surface area contributed by atoms with E-state index in [1.165, 1.54) is 11.3 Å². The molecule has 0 atom stereocenters. The molecule has 0 bridgehead atoms. The van der Waals surface area contributed by atoms with Gasteiger partial charge in [0.1, 0.15) is 12.4 Å². The van der Waals surface area contributed by atoms with Gasteiger partial charge < -0.3 is 9.84 Å². The molecule has 4 nitrogen and oxygen atoms in total. The summed E-state index contributed by atoms with van der Waals surface area (Å²) in [6.45, 7) is 4.29. The van der Waals surface area contributed by atoms with Gasteiger partial charge in [-0.1, -0.05) is 6.92 Å². The Bertz CT molecular complexity index is 559. The van der Waals surface area contributed by atoms with E-state index in [4.69, 9.17) is 9.84 Å². The Balaban J connectivity index is 2.12. The van der Waals surface area contributed by atoms with Gasteiger partial charge in [-0.25, -0.2) is 9.78 Å². The number of carboxylic acid groups (broad SMARTS) is 1. The van der Waals surface area contributed by atoms with Gasteiger partial charge in [0.25, 0.3) is 0 Å². The fourth-order valence-electron chi connectivity index (χ4n) is 1.47. The number of carboxylic acids is 1. The van der Waals surface area contributed by atoms with Crippen molar-refractivity contribution in [3.63, 3.8) is 0 Å². The number of aromatic carboxylic acids is 1. The summed E-state index contributed by atoms with van der Waals surface area (Å²) in [5, 5.41) is 10.1. The molecule has 0 aliphatic rings. The summed E-state index contributed by atoms with van der Waals surface area (Å²) in [5.74, 6) is -0.481. The van der Waals surface area contributed by atoms with E-state index in [0.29, 0.717) is 12.4 Å². The molecule has 18 heavy (non-hydrogen) atoms. The van der Waals surface area contributed by atoms with Crippen molar-refractivity contribution in [1.82, 2.24) is 4.98 Å². The molecule has 0 radical (unpaired) electrons. The fourth-order valence-corrected chi connectivity index (χ4v) is 3.06. The smallest absolute Gasteiger partial charge is 0.349 e. The topological polar surface area (TPSA) is 59.4 Å². The van der Waals surface area contributed by atoms with Crippen LogP contribution in [0.25, 0.3) is 0 Å². The van der Waals surface area contributed by atoms with Crippen LogP contribution in [0.4, 0.5) is 0 Å². The number of ether oxygens (including phenoxy) is 1. The van der Waals surface area contributed by atoms with Gasteiger partial charge in [0.05, 0.1) is 9.88 Å². The minimum atomic E-state index is -0.935. The van der Waals surface area contributed by atoms with Crippen LogP contribution in [-0.2, 0) is 13.0 Å². The van der Waals surface area contributed by atoms with Crippen molar-refractivity contribution in [1.29, 1.82) is 0 Å². The van der Waals surface area contributed by atoms with Crippen molar-refractivity contribution in [2.75, 3.05) is 0 Å². The Morgan fingerprint density at radius 1 is 1.44 bits per heavy atom. The summed E-state index contributed by atoms with van der Waals surface area (Å²) in [6.07, 6.45) is 2.57. The van der Waals surface area contributed by atoms with Crippen LogP contribution in [0.1, 0.15) is 31.4 Å². The predicted molar refractivity (Wildman–Crippen MR) is 71.8 cm³/mol. The molecule has 0 aliphatic carbocycles. The number of aryl methyl sites for hydroxylation is 2. The Labute approximate surface area is 113 Å². The number of thiophene rings is 1. The molecule has 2 aromatic rings. The van der Waals surface area contributed by atoms with Crippen molar-refractivity contribution >= 4 is 28.6 Å². The first-order valence-electron chi connectivity index (χ1n) is 5.50. The van der Waals surface area contributed by atoms with E-state index in [2.05, 4.69) is 4.98 Å². The van der Waals surface area contributed by atoms with Crippen LogP contribution >= 0.6 is 22.7 Å². The fraction of sp³-hybridized carbons (Fsp3) is 0.333. The van der Waals surface area contributed by atoms with Crippen molar-refractivity contribution in [3.8, 4) is 5.75 Å². The number of rotatable bonds is 5. The highest BCUT2D eigenvalue weighted by Gasteiger charge is 2.16. The van der Waals surface area contributed by atoms with Crippen LogP contribution in [0, 0.1) is 6.92 Å². The van der Waals surface area contributed by atoms with Crippen LogP contribution in [0.3, 0.4) is 0 Å². The molecule has 96 valence electrons. The molecule has 2 heterocycles. The lowest BCUT2D eigenvalue weighted by atomic mass is 10.3. The van der Waals surface area contributed by atoms with E-state index in [1.807, 2.05) is 19.9 Å². The predicted octanol–water partition coefficient (Wildman–Crippen LogP) is 3.35. The Hall–Kier alpha value is -1.40. The Kier molecular flexibility index (Phi) is 3.98. The molecular formula is C12H13NO3S2. The van der Waals surface area contributed by atoms with Gasteiger partial charge in [0.2, 0.25) is 0 Å². The number of hydrogen-bond donors (Lipinski definition) is 1. The van der Waals surface area contributed by atoms with E-state index in [0.717, 1.165) is 21.2 Å². The number of nitrogens with zero attached hydrogens (tertiary/aromatic N) is 1. The summed E-state index contributed by atoms with van der Waals surface area (Å²) < 4.78 is 5.58. The maximum Gasteiger partial charge on any atom is 0.349 e. The lowest BCUT2D eigenvalue weighted by Gasteiger charge is -2.02. The van der Waals surface area contributed by atoms with E-state index in [-0.39, 0.29) is 4.88 Å². The molecule has 0 unspecified atom stereocenters. The van der Waals surface area contributed by atoms with Crippen molar-refractivity contribution in [2.24, 2.45) is 0 Å². The van der Waals surface area contributed by atoms with Gasteiger partial charge in [-0.3, -0.25) is 0 Å². The zero-order valence-corrected chi connectivity index (χ0v) is 11.7. The van der Waals surface area contributed by atoms with Crippen molar-refractivity contribution < 1.29 is 14.6 Å². The lowest BCUT2D eigenvalue weighted by Crippen LogP contribution is -1.98. The second-order valence-corrected chi connectivity index (χ2v) is 6.16. The minimum absolute atomic E-state index is 0.271. The van der Waals surface area contributed by atoms with Gasteiger partial charge in [0, 0.05) is 11.1 Å². The number of thiazole rings is 1. The van der Waals surface area contributed by atoms with E-state index >= 15 is 0 Å². The monoisotopic (exact) mass is 283 g/mol. The van der Waals surface area contributed by atoms with Crippen molar-refractivity contribution in [3.05, 3.63) is 31.9 Å². The van der Waals surface area contributed by atoms with E-state index in [9.17, 15) is 4.79 Å². The summed E-state index contributed by atoms with van der Waals surface area (Å²) in [4.78, 5) is 17.5. The van der Waals surface area contributed by atoms with Crippen molar-refractivity contribution in [2.45, 2.75) is 26.9 Å². The van der Waals surface area contributed by atoms with Crippen LogP contribution in [-0.4, -0.2) is 16.1 Å². The molecule has 0 saturated heterocycles. The Morgan fingerprint density at radius 3 is 2.78 bits per heavy atom. The zero-order chi connectivity index (χ0) is 13.1. The third-order valence-electron chi connectivity index (χ3n) is 2.33. The van der Waals surface area contributed by atoms with E-state index < -0.39 is 5.97 Å². The highest BCUT2D eigenvalue weighted by Crippen LogP contribution is 2.30. The molecule has 2 rings (SSSR count). The summed E-state index contributed by atoms with van der Waals surface area (Å²) in [7, 11) is 0. The Morgan fingerprint density at radius 2 is 2.22 bits per heavy atom. The first-order valence-corrected chi connectivity index (χ1v) is 7.13. The number of carbonyl (C=O) groups is 1. The highest BCUT2D eigenvalue weighted by molar-refractivity contribution is 7.14. The second-order valence-electron chi connectivity index (χ2n) is 3.70. The van der Waals surface area contributed by atoms with Gasteiger partial charge >= 0.3 is 5.97 Å². The second kappa shape index (κ2) is 5.49. The molecule has 0 aromatic carbocycles. The molecule has 2 aromatic heterocycles. The largest absolute Gasteiger partial charge is 0.486 e. The molecule has 0 saturated carbocycles. The van der Waals surface area contributed by atoms with Gasteiger partial charge in [-0.05, 0) is 19.4 Å². The molecule has 0 spiro atoms. The van der Waals surface area contributed by atoms with Crippen LogP contribution in [0.5, 0.6) is 5.75 Å². The lowest BCUT2D eigenvalue weighted by molar-refractivity contribution is 0.0697. The number of hydrogen-bond acceptors (Lipinski definition) is 5. The van der Waals surface area contributed by atoms with Crippen LogP contribution in [0.2, 0.25) is 0 Å². The molecule has 0 aliphatic heterocycles. The average Bonchev–Trinajstić information content (AvgIpc) is 2.92. The summed E-state index contributed by atoms with van der Waals surface area (Å²) in [5.41, 5.74) is 0. The summed E-state index contributed by atoms with van der Waals surface area (Å²) >= 11 is 2.82. The van der Waals surface area contributed by atoms with Crippen LogP contribution < -0.4 is 4.74 Å². The maximum atomic E-state index is 11.1. The third kappa shape index (κ3) is 2.88. The van der Waals surface area contributed by atoms with Gasteiger partial charge in [0.15, 0.2) is 4.88 Å². The SMILES string of the molecule is CCc1cc(OCc2cnc(C)s2)c(C(=O)O)s1. The minimum Gasteiger partial charge on any atom is -0.486 e. The first-order chi connectivity index (χ1) is 8.60. The molecular weight excluding hydrogens is 270 g/mol. The standard InChI is InChI=1S/C12H13NO3S2/c1-3-8-4-10(11(18-8)12(14)15)16-6-9-5-13-7(2)17-9/h4-5H,3,6H2,1-2H3,(H,14,15). The number of aromatic nitrogens is 1. The molecule has 0 amide bonds. The normalized spacial score (nSPS) is 10.6. The van der Waals surface area contributed by atoms with Gasteiger partial charge in [-0.15, -0.1) is 22.7 Å². The summed E-state index contributed by atoms with van der Waals surface area (Å²) in [6, 6.07) is 1.81. The molecule has 0 fully saturated rings. The first kappa shape index (κ1) is 13.0. The maximum absolute atomic E-state index is 11.1. The highest BCUT2D eigenvalue weighted by atomic mass is 32.1. The molecule has 1 N–H and O–H groups in total. The van der Waals surface area contributed by atoms with E-state index in [1.54, 1.807) is 17.5 Å². The van der Waals surface area contributed by atoms with Gasteiger partial charge in [-0.2, -0.15) is 0 Å². The third-order valence-corrected chi connectivity index (χ3v) is 4.47. The average molecular weight is 283 g/mol. The molecule has 6 heteroatoms. The van der Waals surface area contributed by atoms with Crippen LogP contribution in [0.15, 0.2) is 12.3 Å².